The van der Waals surface area contributed by atoms with Crippen LogP contribution < -0.4 is 5.32 Å². The molecule has 2 rings (SSSR count). The summed E-state index contributed by atoms with van der Waals surface area (Å²) in [5.74, 6) is 0.335. The van der Waals surface area contributed by atoms with Crippen molar-refractivity contribution in [3.05, 3.63) is 51.4 Å². The number of aryl methyl sites for hydroxylation is 1. The summed E-state index contributed by atoms with van der Waals surface area (Å²) in [7, 11) is 0. The minimum Gasteiger partial charge on any atom is -0.442 e. The first-order valence-corrected chi connectivity index (χ1v) is 7.14. The lowest BCUT2D eigenvalue weighted by atomic mass is 10.3. The van der Waals surface area contributed by atoms with Crippen molar-refractivity contribution in [1.82, 2.24) is 9.55 Å². The number of nitrogens with one attached hydrogen (secondary N) is 1. The van der Waals surface area contributed by atoms with Gasteiger partial charge in [0, 0.05) is 17.6 Å². The number of aromatic nitrogens is 2. The van der Waals surface area contributed by atoms with Crippen molar-refractivity contribution in [1.29, 1.82) is 0 Å². The van der Waals surface area contributed by atoms with Gasteiger partial charge in [-0.25, -0.2) is 14.3 Å². The number of hydrogen-bond acceptors (Lipinski definition) is 5. The molecule has 23 heavy (non-hydrogen) atoms. The molecule has 1 aromatic heterocycles. The molecule has 0 aliphatic carbocycles. The van der Waals surface area contributed by atoms with Crippen LogP contribution in [0, 0.1) is 17.0 Å². The fourth-order valence-electron chi connectivity index (χ4n) is 1.99. The summed E-state index contributed by atoms with van der Waals surface area (Å²) in [5.41, 5.74) is 0.538. The van der Waals surface area contributed by atoms with Gasteiger partial charge in [-0.3, -0.25) is 5.32 Å². The fourth-order valence-corrected chi connectivity index (χ4v) is 2.11. The number of anilines is 1. The van der Waals surface area contributed by atoms with Crippen molar-refractivity contribution in [3.8, 4) is 0 Å². The normalized spacial score (nSPS) is 11.8. The molecule has 0 saturated heterocycles. The summed E-state index contributed by atoms with van der Waals surface area (Å²) in [5, 5.41) is 14.0. The molecule has 0 aliphatic heterocycles. The third kappa shape index (κ3) is 4.43. The Morgan fingerprint density at radius 3 is 2.74 bits per heavy atom. The molecule has 1 aromatic carbocycles. The van der Waals surface area contributed by atoms with E-state index < -0.39 is 17.1 Å². The number of benzene rings is 1. The van der Waals surface area contributed by atoms with E-state index in [4.69, 9.17) is 16.3 Å². The van der Waals surface area contributed by atoms with E-state index in [1.807, 2.05) is 0 Å². The van der Waals surface area contributed by atoms with Gasteiger partial charge in [0.05, 0.1) is 0 Å². The van der Waals surface area contributed by atoms with Crippen LogP contribution in [-0.2, 0) is 11.3 Å². The van der Waals surface area contributed by atoms with E-state index in [0.29, 0.717) is 16.5 Å². The van der Waals surface area contributed by atoms with E-state index in [9.17, 15) is 14.9 Å². The van der Waals surface area contributed by atoms with Gasteiger partial charge in [0.15, 0.2) is 5.82 Å². The van der Waals surface area contributed by atoms with Crippen molar-refractivity contribution >= 4 is 29.2 Å². The Bertz CT molecular complexity index is 714. The summed E-state index contributed by atoms with van der Waals surface area (Å²) in [6.45, 7) is 3.42. The zero-order valence-electron chi connectivity index (χ0n) is 12.5. The van der Waals surface area contributed by atoms with Crippen LogP contribution in [0.15, 0.2) is 30.5 Å². The molecular formula is C14H15ClN4O4. The van der Waals surface area contributed by atoms with Crippen molar-refractivity contribution < 1.29 is 14.5 Å². The van der Waals surface area contributed by atoms with Gasteiger partial charge >= 0.3 is 11.9 Å². The Labute approximate surface area is 137 Å². The quantitative estimate of drug-likeness (QED) is 0.665. The third-order valence-corrected chi connectivity index (χ3v) is 3.31. The van der Waals surface area contributed by atoms with Gasteiger partial charge in [-0.1, -0.05) is 11.6 Å². The molecule has 0 radical (unpaired) electrons. The number of rotatable bonds is 5. The second-order valence-corrected chi connectivity index (χ2v) is 5.32. The predicted molar refractivity (Wildman–Crippen MR) is 84.6 cm³/mol. The maximum Gasteiger partial charge on any atom is 0.412 e. The summed E-state index contributed by atoms with van der Waals surface area (Å²) in [4.78, 5) is 26.1. The first kappa shape index (κ1) is 16.8. The Morgan fingerprint density at radius 1 is 1.48 bits per heavy atom. The standard InChI is InChI=1S/C14H15ClN4O4/c1-9(8-18-10(2)16-7-13(18)19(21)22)23-14(20)17-12-5-3-11(15)4-6-12/h3-7,9H,8H2,1-2H3,(H,17,20). The van der Waals surface area contributed by atoms with Gasteiger partial charge in [0.1, 0.15) is 18.8 Å². The lowest BCUT2D eigenvalue weighted by molar-refractivity contribution is -0.392. The van der Waals surface area contributed by atoms with Crippen LogP contribution >= 0.6 is 11.6 Å². The van der Waals surface area contributed by atoms with E-state index in [2.05, 4.69) is 10.3 Å². The average molecular weight is 339 g/mol. The van der Waals surface area contributed by atoms with E-state index in [1.54, 1.807) is 38.1 Å². The number of nitro groups is 1. The Kier molecular flexibility index (Phi) is 5.17. The number of carbonyl (C=O) groups excluding carboxylic acids is 1. The molecule has 1 unspecified atom stereocenters. The predicted octanol–water partition coefficient (Wildman–Crippen LogP) is 3.39. The summed E-state index contributed by atoms with van der Waals surface area (Å²) < 4.78 is 6.58. The Morgan fingerprint density at radius 2 is 2.13 bits per heavy atom. The van der Waals surface area contributed by atoms with Crippen LogP contribution in [0.3, 0.4) is 0 Å². The lowest BCUT2D eigenvalue weighted by Crippen LogP contribution is -2.25. The molecule has 122 valence electrons. The van der Waals surface area contributed by atoms with Crippen LogP contribution in [-0.4, -0.2) is 26.7 Å². The van der Waals surface area contributed by atoms with E-state index in [0.717, 1.165) is 0 Å². The van der Waals surface area contributed by atoms with Gasteiger partial charge in [-0.05, 0) is 36.1 Å². The van der Waals surface area contributed by atoms with Gasteiger partial charge < -0.3 is 14.9 Å². The highest BCUT2D eigenvalue weighted by molar-refractivity contribution is 6.30. The number of halogens is 1. The minimum absolute atomic E-state index is 0.135. The van der Waals surface area contributed by atoms with Crippen molar-refractivity contribution in [2.45, 2.75) is 26.5 Å². The van der Waals surface area contributed by atoms with Crippen molar-refractivity contribution in [2.24, 2.45) is 0 Å². The molecule has 9 heteroatoms. The summed E-state index contributed by atoms with van der Waals surface area (Å²) in [6, 6.07) is 6.55. The second kappa shape index (κ2) is 7.10. The largest absolute Gasteiger partial charge is 0.442 e. The van der Waals surface area contributed by atoms with Crippen molar-refractivity contribution in [2.75, 3.05) is 5.32 Å². The fraction of sp³-hybridized carbons (Fsp3) is 0.286. The molecule has 1 amide bonds. The smallest absolute Gasteiger partial charge is 0.412 e. The molecule has 8 nitrogen and oxygen atoms in total. The average Bonchev–Trinajstić information content (AvgIpc) is 2.82. The van der Waals surface area contributed by atoms with Gasteiger partial charge in [0.25, 0.3) is 0 Å². The molecule has 1 N–H and O–H groups in total. The highest BCUT2D eigenvalue weighted by Crippen LogP contribution is 2.16. The zero-order chi connectivity index (χ0) is 17.0. The molecule has 1 atom stereocenters. The van der Waals surface area contributed by atoms with Crippen LogP contribution in [0.4, 0.5) is 16.3 Å². The molecule has 0 spiro atoms. The highest BCUT2D eigenvalue weighted by atomic mass is 35.5. The molecule has 0 bridgehead atoms. The van der Waals surface area contributed by atoms with Crippen molar-refractivity contribution in [3.63, 3.8) is 0 Å². The first-order valence-electron chi connectivity index (χ1n) is 6.76. The monoisotopic (exact) mass is 338 g/mol. The third-order valence-electron chi connectivity index (χ3n) is 3.06. The van der Waals surface area contributed by atoms with Crippen LogP contribution in [0.25, 0.3) is 0 Å². The van der Waals surface area contributed by atoms with Crippen LogP contribution in [0.5, 0.6) is 0 Å². The van der Waals surface area contributed by atoms with Crippen LogP contribution in [0.2, 0.25) is 5.02 Å². The number of carbonyl (C=O) groups is 1. The molecule has 0 aliphatic rings. The summed E-state index contributed by atoms with van der Waals surface area (Å²) in [6.07, 6.45) is -0.0512. The van der Waals surface area contributed by atoms with E-state index in [-0.39, 0.29) is 12.4 Å². The molecule has 2 aromatic rings. The lowest BCUT2D eigenvalue weighted by Gasteiger charge is -2.13. The maximum absolute atomic E-state index is 11.8. The van der Waals surface area contributed by atoms with Gasteiger partial charge in [0.2, 0.25) is 0 Å². The first-order chi connectivity index (χ1) is 10.9. The number of hydrogen-bond donors (Lipinski definition) is 1. The summed E-state index contributed by atoms with van der Waals surface area (Å²) >= 11 is 5.76. The van der Waals surface area contributed by atoms with Gasteiger partial charge in [-0.15, -0.1) is 0 Å². The number of amides is 1. The Hall–Kier alpha value is -2.61. The highest BCUT2D eigenvalue weighted by Gasteiger charge is 2.21. The SMILES string of the molecule is Cc1ncc([N+](=O)[O-])n1CC(C)OC(=O)Nc1ccc(Cl)cc1. The van der Waals surface area contributed by atoms with Gasteiger partial charge in [-0.2, -0.15) is 0 Å². The minimum atomic E-state index is -0.653. The maximum atomic E-state index is 11.8. The van der Waals surface area contributed by atoms with E-state index in [1.165, 1.54) is 10.8 Å². The van der Waals surface area contributed by atoms with E-state index >= 15 is 0 Å². The molecule has 0 saturated carbocycles. The van der Waals surface area contributed by atoms with Crippen LogP contribution in [0.1, 0.15) is 12.7 Å². The molecular weight excluding hydrogens is 324 g/mol. The second-order valence-electron chi connectivity index (χ2n) is 4.88. The Balaban J connectivity index is 1.95. The topological polar surface area (TPSA) is 99.3 Å². The number of nitrogens with zero attached hydrogens (tertiary/aromatic N) is 3. The zero-order valence-corrected chi connectivity index (χ0v) is 13.3. The molecule has 0 fully saturated rings. The number of ether oxygens (including phenoxy) is 1. The molecule has 1 heterocycles. The number of imidazole rings is 1.